The number of nitrogens with zero attached hydrogens (tertiary/aromatic N) is 4. The molecular weight excluding hydrogens is 396 g/mol. The Morgan fingerprint density at radius 2 is 2.26 bits per heavy atom. The van der Waals surface area contributed by atoms with E-state index in [9.17, 15) is 19.5 Å². The largest absolute Gasteiger partial charge is 0.477 e. The lowest BCUT2D eigenvalue weighted by atomic mass is 9.86. The Balaban J connectivity index is 1.79. The minimum Gasteiger partial charge on any atom is -0.477 e. The molecule has 2 aliphatic rings. The molecule has 1 unspecified atom stereocenters. The van der Waals surface area contributed by atoms with Gasteiger partial charge in [0.15, 0.2) is 5.13 Å². The van der Waals surface area contributed by atoms with E-state index in [2.05, 4.69) is 24.7 Å². The van der Waals surface area contributed by atoms with E-state index in [0.29, 0.717) is 17.7 Å². The molecule has 2 aliphatic heterocycles. The number of carboxylic acid groups (broad SMARTS) is 1. The number of nitrogens with two attached hydrogens (primary N) is 1. The Labute approximate surface area is 161 Å². The summed E-state index contributed by atoms with van der Waals surface area (Å²) >= 11 is 2.20. The van der Waals surface area contributed by atoms with E-state index in [0.717, 1.165) is 11.5 Å². The Bertz CT molecular complexity index is 866. The summed E-state index contributed by atoms with van der Waals surface area (Å²) in [6.45, 7) is 0. The van der Waals surface area contributed by atoms with E-state index >= 15 is 0 Å². The lowest BCUT2D eigenvalue weighted by Crippen LogP contribution is -2.72. The number of oxime groups is 1. The van der Waals surface area contributed by atoms with Crippen LogP contribution in [0.15, 0.2) is 15.8 Å². The van der Waals surface area contributed by atoms with Crippen LogP contribution in [0.4, 0.5) is 5.13 Å². The zero-order valence-corrected chi connectivity index (χ0v) is 16.0. The second-order valence-electron chi connectivity index (χ2n) is 5.63. The summed E-state index contributed by atoms with van der Waals surface area (Å²) < 4.78 is 3.91. The minimum absolute atomic E-state index is 0.0140. The third-order valence-corrected chi connectivity index (χ3v) is 5.61. The summed E-state index contributed by atoms with van der Waals surface area (Å²) in [6.07, 6.45) is 2.83. The van der Waals surface area contributed by atoms with Crippen LogP contribution in [0.2, 0.25) is 0 Å². The van der Waals surface area contributed by atoms with E-state index in [1.807, 2.05) is 0 Å². The SMILES string of the molecule is CO/N=C(\C(=O)N[C@@H]1C(=O)N2C(C(=O)O)=C(SC)CCC12)c1nsc(N)n1. The number of aromatic nitrogens is 2. The Morgan fingerprint density at radius 1 is 1.52 bits per heavy atom. The first-order valence-electron chi connectivity index (χ1n) is 7.74. The van der Waals surface area contributed by atoms with Gasteiger partial charge in [-0.2, -0.15) is 9.36 Å². The number of carboxylic acids is 1. The van der Waals surface area contributed by atoms with Gasteiger partial charge in [-0.3, -0.25) is 14.5 Å². The van der Waals surface area contributed by atoms with Crippen molar-refractivity contribution in [3.8, 4) is 0 Å². The number of aliphatic carboxylic acids is 1. The predicted molar refractivity (Wildman–Crippen MR) is 97.8 cm³/mol. The van der Waals surface area contributed by atoms with Gasteiger partial charge >= 0.3 is 5.97 Å². The van der Waals surface area contributed by atoms with Gasteiger partial charge in [0.1, 0.15) is 18.8 Å². The normalized spacial score (nSPS) is 22.2. The van der Waals surface area contributed by atoms with E-state index < -0.39 is 29.9 Å². The molecule has 1 saturated heterocycles. The average Bonchev–Trinajstić information content (AvgIpc) is 3.08. The fourth-order valence-electron chi connectivity index (χ4n) is 3.04. The van der Waals surface area contributed by atoms with Crippen molar-refractivity contribution in [3.05, 3.63) is 16.4 Å². The second kappa shape index (κ2) is 7.52. The van der Waals surface area contributed by atoms with Gasteiger partial charge in [-0.05, 0) is 19.1 Å². The fraction of sp³-hybridized carbons (Fsp3) is 0.429. The maximum atomic E-state index is 12.6. The van der Waals surface area contributed by atoms with E-state index in [1.54, 1.807) is 6.26 Å². The van der Waals surface area contributed by atoms with Crippen molar-refractivity contribution in [1.29, 1.82) is 0 Å². The van der Waals surface area contributed by atoms with Crippen LogP contribution in [0.25, 0.3) is 0 Å². The summed E-state index contributed by atoms with van der Waals surface area (Å²) in [4.78, 5) is 47.0. The molecule has 0 saturated carbocycles. The van der Waals surface area contributed by atoms with Crippen molar-refractivity contribution >= 4 is 51.9 Å². The molecule has 2 atom stereocenters. The topological polar surface area (TPSA) is 160 Å². The predicted octanol–water partition coefficient (Wildman–Crippen LogP) is -0.381. The quantitative estimate of drug-likeness (QED) is 0.321. The first-order chi connectivity index (χ1) is 12.9. The third kappa shape index (κ3) is 3.35. The molecule has 0 aliphatic carbocycles. The highest BCUT2D eigenvalue weighted by Gasteiger charge is 2.53. The summed E-state index contributed by atoms with van der Waals surface area (Å²) in [5.41, 5.74) is 5.29. The number of thioether (sulfide) groups is 1. The molecule has 1 aromatic heterocycles. The molecule has 27 heavy (non-hydrogen) atoms. The average molecular weight is 412 g/mol. The number of rotatable bonds is 6. The van der Waals surface area contributed by atoms with Crippen LogP contribution in [0, 0.1) is 0 Å². The fourth-order valence-corrected chi connectivity index (χ4v) is 4.18. The van der Waals surface area contributed by atoms with Gasteiger partial charge in [-0.25, -0.2) is 4.79 Å². The molecule has 0 aromatic carbocycles. The van der Waals surface area contributed by atoms with Crippen LogP contribution in [-0.2, 0) is 19.2 Å². The van der Waals surface area contributed by atoms with Crippen LogP contribution in [0.1, 0.15) is 18.7 Å². The number of amides is 2. The molecule has 3 heterocycles. The monoisotopic (exact) mass is 412 g/mol. The summed E-state index contributed by atoms with van der Waals surface area (Å²) in [5.74, 6) is -2.37. The number of anilines is 1. The number of hydrogen-bond donors (Lipinski definition) is 3. The molecule has 144 valence electrons. The van der Waals surface area contributed by atoms with Gasteiger partial charge in [-0.15, -0.1) is 11.8 Å². The van der Waals surface area contributed by atoms with Crippen LogP contribution < -0.4 is 11.1 Å². The second-order valence-corrected chi connectivity index (χ2v) is 7.31. The molecule has 1 aromatic rings. The van der Waals surface area contributed by atoms with Crippen molar-refractivity contribution in [2.24, 2.45) is 5.16 Å². The Kier molecular flexibility index (Phi) is 5.32. The van der Waals surface area contributed by atoms with Gasteiger partial charge < -0.3 is 21.0 Å². The van der Waals surface area contributed by atoms with Gasteiger partial charge in [0.2, 0.25) is 11.5 Å². The number of β-lactam (4-membered cyclic amide) rings is 1. The molecule has 0 radical (unpaired) electrons. The van der Waals surface area contributed by atoms with Crippen molar-refractivity contribution in [2.45, 2.75) is 24.9 Å². The molecule has 11 nitrogen and oxygen atoms in total. The Hall–Kier alpha value is -2.67. The van der Waals surface area contributed by atoms with Crippen LogP contribution in [0.3, 0.4) is 0 Å². The summed E-state index contributed by atoms with van der Waals surface area (Å²) in [7, 11) is 1.26. The zero-order chi connectivity index (χ0) is 19.7. The highest BCUT2D eigenvalue weighted by Crippen LogP contribution is 2.39. The maximum absolute atomic E-state index is 12.6. The van der Waals surface area contributed by atoms with Crippen molar-refractivity contribution < 1.29 is 24.3 Å². The van der Waals surface area contributed by atoms with Crippen molar-refractivity contribution in [1.82, 2.24) is 19.6 Å². The van der Waals surface area contributed by atoms with Gasteiger partial charge in [-0.1, -0.05) is 5.16 Å². The Morgan fingerprint density at radius 3 is 2.81 bits per heavy atom. The lowest BCUT2D eigenvalue weighted by Gasteiger charge is -2.49. The molecule has 1 fully saturated rings. The lowest BCUT2D eigenvalue weighted by molar-refractivity contribution is -0.155. The smallest absolute Gasteiger partial charge is 0.353 e. The van der Waals surface area contributed by atoms with Crippen LogP contribution in [-0.4, -0.2) is 68.3 Å². The first kappa shape index (κ1) is 19.1. The molecule has 0 spiro atoms. The van der Waals surface area contributed by atoms with Crippen LogP contribution >= 0.6 is 23.3 Å². The van der Waals surface area contributed by atoms with Crippen molar-refractivity contribution in [2.75, 3.05) is 19.1 Å². The highest BCUT2D eigenvalue weighted by molar-refractivity contribution is 8.02. The number of allylic oxidation sites excluding steroid dienone is 1. The van der Waals surface area contributed by atoms with Gasteiger partial charge in [0, 0.05) is 16.4 Å². The number of carbonyl (C=O) groups excluding carboxylic acids is 2. The van der Waals surface area contributed by atoms with E-state index in [-0.39, 0.29) is 22.4 Å². The molecule has 2 amide bonds. The zero-order valence-electron chi connectivity index (χ0n) is 14.3. The number of hydrogen-bond acceptors (Lipinski definition) is 10. The number of nitrogens with one attached hydrogen (secondary N) is 1. The maximum Gasteiger partial charge on any atom is 0.353 e. The minimum atomic E-state index is -1.16. The number of nitrogen functional groups attached to an aromatic ring is 1. The van der Waals surface area contributed by atoms with Gasteiger partial charge in [0.25, 0.3) is 11.8 Å². The number of fused-ring (bicyclic) bond motifs is 1. The van der Waals surface area contributed by atoms with Crippen LogP contribution in [0.5, 0.6) is 0 Å². The summed E-state index contributed by atoms with van der Waals surface area (Å²) in [5, 5.41) is 15.8. The van der Waals surface area contributed by atoms with Gasteiger partial charge in [0.05, 0.1) is 6.04 Å². The van der Waals surface area contributed by atoms with Crippen molar-refractivity contribution in [3.63, 3.8) is 0 Å². The molecule has 13 heteroatoms. The first-order valence-corrected chi connectivity index (χ1v) is 9.74. The molecular formula is C14H16N6O5S2. The highest BCUT2D eigenvalue weighted by atomic mass is 32.2. The molecule has 0 bridgehead atoms. The third-order valence-electron chi connectivity index (χ3n) is 4.18. The van der Waals surface area contributed by atoms with E-state index in [4.69, 9.17) is 5.73 Å². The molecule has 3 rings (SSSR count). The van der Waals surface area contributed by atoms with E-state index in [1.165, 1.54) is 23.8 Å². The summed E-state index contributed by atoms with van der Waals surface area (Å²) in [6, 6.07) is -1.28. The number of carbonyl (C=O) groups is 3. The standard InChI is InChI=1S/C14H16N6O5S2/c1-25-18-8(10-17-14(15)27-19-10)11(21)16-7-5-3-4-6(26-2)9(13(23)24)20(5)12(7)22/h5,7H,3-4H2,1-2H3,(H,16,21)(H,23,24)(H2,15,17,19)/b18-8-/t5?,7-/m0/s1. The molecule has 4 N–H and O–H groups in total.